The first-order valence-corrected chi connectivity index (χ1v) is 10.6. The second-order valence-corrected chi connectivity index (χ2v) is 9.76. The maximum Gasteiger partial charge on any atom is 0.291 e. The number of quaternary nitrogens is 1. The average molecular weight is 420 g/mol. The van der Waals surface area contributed by atoms with Crippen LogP contribution in [0.15, 0.2) is 48.5 Å². The van der Waals surface area contributed by atoms with Crippen LogP contribution in [-0.4, -0.2) is 39.3 Å². The van der Waals surface area contributed by atoms with Gasteiger partial charge in [-0.25, -0.2) is 0 Å². The minimum Gasteiger partial charge on any atom is -0.508 e. The maximum atomic E-state index is 13.7. The van der Waals surface area contributed by atoms with Crippen molar-refractivity contribution in [2.75, 3.05) is 5.32 Å². The first-order valence-electron chi connectivity index (χ1n) is 10.6. The molecule has 5 rings (SSSR count). The number of hydrogen-bond donors (Lipinski definition) is 3. The number of anilines is 1. The molecule has 0 unspecified atom stereocenters. The Morgan fingerprint density at radius 3 is 2.39 bits per heavy atom. The molecule has 31 heavy (non-hydrogen) atoms. The monoisotopic (exact) mass is 420 g/mol. The van der Waals surface area contributed by atoms with Gasteiger partial charge in [-0.15, -0.1) is 0 Å². The smallest absolute Gasteiger partial charge is 0.291 e. The highest BCUT2D eigenvalue weighted by Gasteiger charge is 2.74. The molecule has 0 radical (unpaired) electrons. The van der Waals surface area contributed by atoms with E-state index >= 15 is 0 Å². The number of aromatic hydroxyl groups is 1. The summed E-state index contributed by atoms with van der Waals surface area (Å²) in [4.78, 5) is 42.0. The Labute approximate surface area is 180 Å². The summed E-state index contributed by atoms with van der Waals surface area (Å²) in [6, 6.07) is 14.0. The molecule has 1 spiro atoms. The van der Waals surface area contributed by atoms with Crippen LogP contribution in [0.2, 0.25) is 0 Å². The molecule has 2 aromatic carbocycles. The number of phenolic OH excluding ortho intramolecular Hbond substituents is 1. The van der Waals surface area contributed by atoms with E-state index in [9.17, 15) is 19.5 Å². The van der Waals surface area contributed by atoms with Crippen LogP contribution in [0.25, 0.3) is 0 Å². The van der Waals surface area contributed by atoms with Crippen LogP contribution in [0.1, 0.15) is 31.9 Å². The van der Waals surface area contributed by atoms with E-state index in [4.69, 9.17) is 0 Å². The topological polar surface area (TPSA) is 103 Å². The van der Waals surface area contributed by atoms with Crippen LogP contribution < -0.4 is 10.6 Å². The lowest BCUT2D eigenvalue weighted by atomic mass is 9.76. The first-order chi connectivity index (χ1) is 14.6. The average Bonchev–Trinajstić information content (AvgIpc) is 3.28. The fourth-order valence-corrected chi connectivity index (χ4v) is 5.67. The third-order valence-electron chi connectivity index (χ3n) is 6.86. The summed E-state index contributed by atoms with van der Waals surface area (Å²) in [5, 5.41) is 14.5. The van der Waals surface area contributed by atoms with Gasteiger partial charge < -0.3 is 15.7 Å². The Morgan fingerprint density at radius 1 is 1.03 bits per heavy atom. The molecular formula is C24H26N3O4+. The number of para-hydroxylation sites is 1. The molecule has 2 fully saturated rings. The summed E-state index contributed by atoms with van der Waals surface area (Å²) in [6.07, 6.45) is 0.510. The first kappa shape index (κ1) is 19.8. The number of nitrogens with one attached hydrogen (secondary N) is 1. The molecule has 3 amide bonds. The Morgan fingerprint density at radius 2 is 1.71 bits per heavy atom. The van der Waals surface area contributed by atoms with Crippen molar-refractivity contribution < 1.29 is 24.8 Å². The van der Waals surface area contributed by atoms with Crippen LogP contribution in [-0.2, 0) is 26.3 Å². The van der Waals surface area contributed by atoms with Crippen molar-refractivity contribution in [3.05, 3.63) is 59.7 Å². The van der Waals surface area contributed by atoms with Crippen LogP contribution in [0.3, 0.4) is 0 Å². The summed E-state index contributed by atoms with van der Waals surface area (Å²) in [6.45, 7) is 5.54. The largest absolute Gasteiger partial charge is 0.508 e. The molecule has 7 heteroatoms. The third-order valence-corrected chi connectivity index (χ3v) is 6.86. The number of rotatable bonds is 2. The molecule has 4 atom stereocenters. The van der Waals surface area contributed by atoms with Crippen LogP contribution >= 0.6 is 0 Å². The Balaban J connectivity index is 1.64. The number of phenols is 1. The van der Waals surface area contributed by atoms with E-state index in [0.717, 1.165) is 11.1 Å². The number of fused-ring (bicyclic) bond motifs is 4. The minimum absolute atomic E-state index is 0.170. The van der Waals surface area contributed by atoms with Gasteiger partial charge in [-0.05, 0) is 44.5 Å². The summed E-state index contributed by atoms with van der Waals surface area (Å²) in [7, 11) is 0. The number of carbonyl (C=O) groups excluding carboxylic acids is 3. The van der Waals surface area contributed by atoms with Crippen molar-refractivity contribution in [1.82, 2.24) is 4.90 Å². The summed E-state index contributed by atoms with van der Waals surface area (Å²) in [5.41, 5.74) is 0.575. The standard InChI is InChI=1S/C24H25N3O4/c1-23(2,3)27-20(29)18-17(12-13-8-10-14(28)11-9-13)26-24(19(18)21(27)30)15-6-4-5-7-16(15)25-22(24)31/h4-11,17-19,26,28H,12H2,1-3H3,(H,25,31)/p+1/t17-,18-,19+,24+/m1/s1. The highest BCUT2D eigenvalue weighted by atomic mass is 16.3. The van der Waals surface area contributed by atoms with E-state index in [1.54, 1.807) is 12.1 Å². The third kappa shape index (κ3) is 2.66. The van der Waals surface area contributed by atoms with Gasteiger partial charge in [-0.3, -0.25) is 19.3 Å². The quantitative estimate of drug-likeness (QED) is 0.634. The number of hydrogen-bond acceptors (Lipinski definition) is 4. The van der Waals surface area contributed by atoms with Crippen LogP contribution in [0.4, 0.5) is 5.69 Å². The van der Waals surface area contributed by atoms with Crippen molar-refractivity contribution in [3.63, 3.8) is 0 Å². The molecule has 0 bridgehead atoms. The van der Waals surface area contributed by atoms with E-state index in [2.05, 4.69) is 5.32 Å². The van der Waals surface area contributed by atoms with E-state index in [1.807, 2.05) is 62.5 Å². The van der Waals surface area contributed by atoms with Crippen molar-refractivity contribution in [3.8, 4) is 5.75 Å². The van der Waals surface area contributed by atoms with Crippen molar-refractivity contribution >= 4 is 23.4 Å². The van der Waals surface area contributed by atoms with Crippen LogP contribution in [0.5, 0.6) is 5.75 Å². The summed E-state index contributed by atoms with van der Waals surface area (Å²) in [5.74, 6) is -1.92. The fraction of sp³-hybridized carbons (Fsp3) is 0.375. The number of carbonyl (C=O) groups is 3. The number of nitrogens with two attached hydrogens (primary N) is 1. The lowest BCUT2D eigenvalue weighted by molar-refractivity contribution is -0.733. The second kappa shape index (κ2) is 6.40. The molecule has 2 saturated heterocycles. The molecular weight excluding hydrogens is 394 g/mol. The van der Waals surface area contributed by atoms with Crippen molar-refractivity contribution in [2.24, 2.45) is 11.8 Å². The second-order valence-electron chi connectivity index (χ2n) is 9.76. The molecule has 3 heterocycles. The van der Waals surface area contributed by atoms with E-state index in [0.29, 0.717) is 12.1 Å². The summed E-state index contributed by atoms with van der Waals surface area (Å²) >= 11 is 0. The van der Waals surface area contributed by atoms with Crippen LogP contribution in [0, 0.1) is 11.8 Å². The number of benzene rings is 2. The van der Waals surface area contributed by atoms with Gasteiger partial charge in [0.25, 0.3) is 5.91 Å². The van der Waals surface area contributed by atoms with Gasteiger partial charge in [0.15, 0.2) is 0 Å². The number of imide groups is 1. The normalized spacial score (nSPS) is 29.5. The highest BCUT2D eigenvalue weighted by Crippen LogP contribution is 2.50. The van der Waals surface area contributed by atoms with Crippen molar-refractivity contribution in [2.45, 2.75) is 44.3 Å². The Bertz CT molecular complexity index is 1100. The van der Waals surface area contributed by atoms with E-state index < -0.39 is 22.9 Å². The summed E-state index contributed by atoms with van der Waals surface area (Å²) < 4.78 is 0. The lowest BCUT2D eigenvalue weighted by Gasteiger charge is -2.33. The van der Waals surface area contributed by atoms with Gasteiger partial charge in [0.2, 0.25) is 17.4 Å². The van der Waals surface area contributed by atoms with Gasteiger partial charge in [0.1, 0.15) is 23.6 Å². The van der Waals surface area contributed by atoms with Gasteiger partial charge in [-0.2, -0.15) is 0 Å². The molecule has 0 aliphatic carbocycles. The van der Waals surface area contributed by atoms with E-state index in [-0.39, 0.29) is 29.5 Å². The van der Waals surface area contributed by atoms with E-state index in [1.165, 1.54) is 4.90 Å². The molecule has 7 nitrogen and oxygen atoms in total. The van der Waals surface area contributed by atoms with Gasteiger partial charge in [0, 0.05) is 17.5 Å². The zero-order valence-corrected chi connectivity index (χ0v) is 17.8. The molecule has 0 saturated carbocycles. The SMILES string of the molecule is CC(C)(C)N1C(=O)[C@H]2[C@@H](C1=O)[C@]1([NH2+][C@@H]2Cc2ccc(O)cc2)C(=O)Nc2ccccc21. The highest BCUT2D eigenvalue weighted by molar-refractivity contribution is 6.14. The lowest BCUT2D eigenvalue weighted by Crippen LogP contribution is -2.99. The fourth-order valence-electron chi connectivity index (χ4n) is 5.67. The number of amides is 3. The Hall–Kier alpha value is -3.19. The zero-order chi connectivity index (χ0) is 22.1. The van der Waals surface area contributed by atoms with Gasteiger partial charge in [-0.1, -0.05) is 30.3 Å². The molecule has 3 aliphatic rings. The maximum absolute atomic E-state index is 13.7. The molecule has 160 valence electrons. The number of nitrogens with zero attached hydrogens (tertiary/aromatic N) is 1. The van der Waals surface area contributed by atoms with Crippen molar-refractivity contribution in [1.29, 1.82) is 0 Å². The minimum atomic E-state index is -1.16. The van der Waals surface area contributed by atoms with Gasteiger partial charge in [0.05, 0.1) is 5.69 Å². The molecule has 2 aromatic rings. The predicted octanol–water partition coefficient (Wildman–Crippen LogP) is 1.13. The van der Waals surface area contributed by atoms with Gasteiger partial charge >= 0.3 is 0 Å². The molecule has 3 aliphatic heterocycles. The number of likely N-dealkylation sites (tertiary alicyclic amines) is 1. The molecule has 0 aromatic heterocycles. The predicted molar refractivity (Wildman–Crippen MR) is 113 cm³/mol. The zero-order valence-electron chi connectivity index (χ0n) is 17.8. The molecule has 4 N–H and O–H groups in total. The Kier molecular flexibility index (Phi) is 4.08.